The molecule has 0 bridgehead atoms. The Kier molecular flexibility index (Phi) is 5.58. The summed E-state index contributed by atoms with van der Waals surface area (Å²) in [6, 6.07) is 13.1. The van der Waals surface area contributed by atoms with Gasteiger partial charge in [-0.2, -0.15) is 0 Å². The van der Waals surface area contributed by atoms with Gasteiger partial charge in [0.2, 0.25) is 0 Å². The van der Waals surface area contributed by atoms with Gasteiger partial charge in [0.05, 0.1) is 11.0 Å². The maximum atomic E-state index is 12.6. The van der Waals surface area contributed by atoms with Crippen molar-refractivity contribution in [2.45, 2.75) is 30.8 Å². The van der Waals surface area contributed by atoms with Crippen LogP contribution in [0.15, 0.2) is 53.4 Å². The van der Waals surface area contributed by atoms with Crippen molar-refractivity contribution >= 4 is 21.6 Å². The first kappa shape index (κ1) is 18.4. The van der Waals surface area contributed by atoms with Crippen LogP contribution in [-0.4, -0.2) is 33.6 Å². The van der Waals surface area contributed by atoms with Crippen molar-refractivity contribution in [2.75, 3.05) is 17.9 Å². The Morgan fingerprint density at radius 3 is 2.73 bits per heavy atom. The van der Waals surface area contributed by atoms with E-state index in [1.807, 2.05) is 13.0 Å². The first-order valence-corrected chi connectivity index (χ1v) is 10.0. The number of hydrogen-bond donors (Lipinski definition) is 2. The largest absolute Gasteiger partial charge is 0.376 e. The van der Waals surface area contributed by atoms with E-state index in [1.54, 1.807) is 30.3 Å². The summed E-state index contributed by atoms with van der Waals surface area (Å²) in [6.45, 7) is 3.03. The van der Waals surface area contributed by atoms with Crippen molar-refractivity contribution in [3.8, 4) is 0 Å². The van der Waals surface area contributed by atoms with Crippen LogP contribution in [0.4, 0.5) is 5.69 Å². The Morgan fingerprint density at radius 1 is 1.19 bits per heavy atom. The van der Waals surface area contributed by atoms with Gasteiger partial charge in [0, 0.05) is 24.4 Å². The monoisotopic (exact) mass is 374 g/mol. The number of aryl methyl sites for hydroxylation is 1. The molecule has 1 fully saturated rings. The predicted molar refractivity (Wildman–Crippen MR) is 99.7 cm³/mol. The molecule has 0 saturated carbocycles. The summed E-state index contributed by atoms with van der Waals surface area (Å²) in [5.74, 6) is -0.312. The van der Waals surface area contributed by atoms with E-state index in [0.717, 1.165) is 25.0 Å². The zero-order valence-electron chi connectivity index (χ0n) is 14.6. The highest BCUT2D eigenvalue weighted by Gasteiger charge is 2.19. The average Bonchev–Trinajstić information content (AvgIpc) is 3.13. The van der Waals surface area contributed by atoms with E-state index >= 15 is 0 Å². The molecule has 1 atom stereocenters. The van der Waals surface area contributed by atoms with Crippen LogP contribution in [0.5, 0.6) is 0 Å². The van der Waals surface area contributed by atoms with Crippen LogP contribution < -0.4 is 10.0 Å². The molecule has 138 valence electrons. The summed E-state index contributed by atoms with van der Waals surface area (Å²) in [5, 5.41) is 2.80. The average molecular weight is 374 g/mol. The number of sulfonamides is 1. The van der Waals surface area contributed by atoms with Gasteiger partial charge in [0.25, 0.3) is 15.9 Å². The smallest absolute Gasteiger partial charge is 0.261 e. The second kappa shape index (κ2) is 7.88. The summed E-state index contributed by atoms with van der Waals surface area (Å²) in [5.41, 5.74) is 1.74. The van der Waals surface area contributed by atoms with Gasteiger partial charge in [-0.1, -0.05) is 18.2 Å². The van der Waals surface area contributed by atoms with E-state index in [2.05, 4.69) is 10.0 Å². The Balaban J connectivity index is 1.71. The molecule has 2 aromatic carbocycles. The highest BCUT2D eigenvalue weighted by molar-refractivity contribution is 7.92. The number of nitrogens with one attached hydrogen (secondary N) is 2. The second-order valence-corrected chi connectivity index (χ2v) is 8.03. The number of benzene rings is 2. The molecule has 2 N–H and O–H groups in total. The molecule has 26 heavy (non-hydrogen) atoms. The molecule has 0 spiro atoms. The molecule has 1 aliphatic rings. The Morgan fingerprint density at radius 2 is 2.00 bits per heavy atom. The van der Waals surface area contributed by atoms with Crippen LogP contribution in [0.3, 0.4) is 0 Å². The van der Waals surface area contributed by atoms with Crippen LogP contribution >= 0.6 is 0 Å². The highest BCUT2D eigenvalue weighted by atomic mass is 32.2. The molecular formula is C19H22N2O4S. The number of carbonyl (C=O) groups excluding carboxylic acids is 1. The summed E-state index contributed by atoms with van der Waals surface area (Å²) in [4.78, 5) is 12.3. The van der Waals surface area contributed by atoms with Gasteiger partial charge in [-0.15, -0.1) is 0 Å². The fourth-order valence-electron chi connectivity index (χ4n) is 2.84. The number of hydrogen-bond acceptors (Lipinski definition) is 4. The first-order chi connectivity index (χ1) is 12.4. The van der Waals surface area contributed by atoms with Crippen molar-refractivity contribution < 1.29 is 17.9 Å². The maximum Gasteiger partial charge on any atom is 0.261 e. The highest BCUT2D eigenvalue weighted by Crippen LogP contribution is 2.18. The van der Waals surface area contributed by atoms with E-state index in [-0.39, 0.29) is 16.9 Å². The van der Waals surface area contributed by atoms with Gasteiger partial charge in [0.15, 0.2) is 0 Å². The van der Waals surface area contributed by atoms with Gasteiger partial charge < -0.3 is 10.1 Å². The quantitative estimate of drug-likeness (QED) is 0.814. The number of carbonyl (C=O) groups is 1. The molecule has 0 aliphatic carbocycles. The van der Waals surface area contributed by atoms with Crippen LogP contribution in [0, 0.1) is 6.92 Å². The zero-order chi connectivity index (χ0) is 18.6. The molecule has 1 unspecified atom stereocenters. The third kappa shape index (κ3) is 4.62. The van der Waals surface area contributed by atoms with E-state index in [9.17, 15) is 13.2 Å². The van der Waals surface area contributed by atoms with Gasteiger partial charge >= 0.3 is 0 Å². The third-order valence-electron chi connectivity index (χ3n) is 4.19. The number of rotatable bonds is 6. The SMILES string of the molecule is Cc1cccc(NS(=O)(=O)c2cccc(C(=O)NCC3CCCO3)c2)c1. The van der Waals surface area contributed by atoms with E-state index in [0.29, 0.717) is 17.8 Å². The minimum atomic E-state index is -3.77. The molecule has 0 radical (unpaired) electrons. The topological polar surface area (TPSA) is 84.5 Å². The van der Waals surface area contributed by atoms with E-state index < -0.39 is 10.0 Å². The molecular weight excluding hydrogens is 352 g/mol. The molecule has 2 aromatic rings. The second-order valence-electron chi connectivity index (χ2n) is 6.35. The van der Waals surface area contributed by atoms with Gasteiger partial charge in [-0.25, -0.2) is 8.42 Å². The predicted octanol–water partition coefficient (Wildman–Crippen LogP) is 2.70. The lowest BCUT2D eigenvalue weighted by Gasteiger charge is -2.12. The lowest BCUT2D eigenvalue weighted by molar-refractivity contribution is 0.0857. The van der Waals surface area contributed by atoms with Crippen molar-refractivity contribution in [1.82, 2.24) is 5.32 Å². The van der Waals surface area contributed by atoms with Gasteiger partial charge in [-0.3, -0.25) is 9.52 Å². The maximum absolute atomic E-state index is 12.6. The van der Waals surface area contributed by atoms with Crippen LogP contribution in [0.1, 0.15) is 28.8 Å². The van der Waals surface area contributed by atoms with Crippen LogP contribution in [0.25, 0.3) is 0 Å². The molecule has 1 saturated heterocycles. The normalized spacial score (nSPS) is 17.0. The molecule has 1 aliphatic heterocycles. The minimum absolute atomic E-state index is 0.0360. The van der Waals surface area contributed by atoms with Crippen molar-refractivity contribution in [1.29, 1.82) is 0 Å². The molecule has 3 rings (SSSR count). The molecule has 1 amide bonds. The third-order valence-corrected chi connectivity index (χ3v) is 5.57. The summed E-state index contributed by atoms with van der Waals surface area (Å²) < 4.78 is 33.2. The molecule has 6 nitrogen and oxygen atoms in total. The Hall–Kier alpha value is -2.38. The minimum Gasteiger partial charge on any atom is -0.376 e. The summed E-state index contributed by atoms with van der Waals surface area (Å²) in [7, 11) is -3.77. The van der Waals surface area contributed by atoms with Crippen molar-refractivity contribution in [3.05, 3.63) is 59.7 Å². The van der Waals surface area contributed by atoms with Crippen LogP contribution in [0.2, 0.25) is 0 Å². The van der Waals surface area contributed by atoms with E-state index in [1.165, 1.54) is 12.1 Å². The lowest BCUT2D eigenvalue weighted by atomic mass is 10.2. The summed E-state index contributed by atoms with van der Waals surface area (Å²) in [6.07, 6.45) is 1.96. The fourth-order valence-corrected chi connectivity index (χ4v) is 3.94. The zero-order valence-corrected chi connectivity index (χ0v) is 15.4. The van der Waals surface area contributed by atoms with E-state index in [4.69, 9.17) is 4.74 Å². The molecule has 0 aromatic heterocycles. The van der Waals surface area contributed by atoms with Crippen molar-refractivity contribution in [2.24, 2.45) is 0 Å². The molecule has 1 heterocycles. The number of amides is 1. The Labute approximate surface area is 153 Å². The summed E-state index contributed by atoms with van der Waals surface area (Å²) >= 11 is 0. The Bertz CT molecular complexity index is 890. The number of ether oxygens (including phenoxy) is 1. The van der Waals surface area contributed by atoms with Crippen molar-refractivity contribution in [3.63, 3.8) is 0 Å². The first-order valence-electron chi connectivity index (χ1n) is 8.53. The fraction of sp³-hybridized carbons (Fsp3) is 0.316. The van der Waals surface area contributed by atoms with Gasteiger partial charge in [0.1, 0.15) is 0 Å². The number of anilines is 1. The van der Waals surface area contributed by atoms with Gasteiger partial charge in [-0.05, 0) is 55.7 Å². The standard InChI is InChI=1S/C19H22N2O4S/c1-14-5-2-7-16(11-14)21-26(23,24)18-9-3-6-15(12-18)19(22)20-13-17-8-4-10-25-17/h2-3,5-7,9,11-12,17,21H,4,8,10,13H2,1H3,(H,20,22). The van der Waals surface area contributed by atoms with Crippen LogP contribution in [-0.2, 0) is 14.8 Å². The molecule has 7 heteroatoms. The lowest BCUT2D eigenvalue weighted by Crippen LogP contribution is -2.31.